The molecule has 1 aliphatic heterocycles. The Balaban J connectivity index is 2.08. The second-order valence-corrected chi connectivity index (χ2v) is 3.43. The van der Waals surface area contributed by atoms with Gasteiger partial charge in [0.15, 0.2) is 0 Å². The van der Waals surface area contributed by atoms with Gasteiger partial charge in [-0.15, -0.1) is 0 Å². The van der Waals surface area contributed by atoms with Gasteiger partial charge in [0.2, 0.25) is 0 Å². The number of hydrogen-bond acceptors (Lipinski definition) is 3. The molecular weight excluding hydrogens is 164 g/mol. The quantitative estimate of drug-likeness (QED) is 0.706. The molecule has 70 valence electrons. The number of nitrogens with zero attached hydrogens (tertiary/aromatic N) is 1. The van der Waals surface area contributed by atoms with Crippen molar-refractivity contribution in [3.05, 3.63) is 30.1 Å². The number of hydrogen-bond donors (Lipinski definition) is 2. The number of pyridine rings is 1. The van der Waals surface area contributed by atoms with Crippen LogP contribution in [0.5, 0.6) is 0 Å². The van der Waals surface area contributed by atoms with Crippen molar-refractivity contribution in [1.82, 2.24) is 10.3 Å². The number of aromatic nitrogens is 1. The largest absolute Gasteiger partial charge is 0.387 e. The van der Waals surface area contributed by atoms with Crippen molar-refractivity contribution in [2.75, 3.05) is 6.54 Å². The predicted molar refractivity (Wildman–Crippen MR) is 50.2 cm³/mol. The summed E-state index contributed by atoms with van der Waals surface area (Å²) in [5, 5.41) is 13.2. The fourth-order valence-electron chi connectivity index (χ4n) is 1.76. The van der Waals surface area contributed by atoms with Crippen molar-refractivity contribution in [3.8, 4) is 0 Å². The van der Waals surface area contributed by atoms with Gasteiger partial charge in [0.05, 0.1) is 6.10 Å². The first-order chi connectivity index (χ1) is 6.38. The van der Waals surface area contributed by atoms with Gasteiger partial charge < -0.3 is 10.4 Å². The molecule has 3 nitrogen and oxygen atoms in total. The lowest BCUT2D eigenvalue weighted by atomic mass is 10.0. The lowest BCUT2D eigenvalue weighted by Crippen LogP contribution is -2.28. The molecule has 1 aromatic rings. The highest BCUT2D eigenvalue weighted by molar-refractivity contribution is 5.14. The second-order valence-electron chi connectivity index (χ2n) is 3.43. The van der Waals surface area contributed by atoms with Gasteiger partial charge in [0, 0.05) is 24.0 Å². The molecule has 0 bridgehead atoms. The molecule has 3 heteroatoms. The minimum Gasteiger partial charge on any atom is -0.387 e. The van der Waals surface area contributed by atoms with Crippen LogP contribution in [-0.4, -0.2) is 22.7 Å². The van der Waals surface area contributed by atoms with Gasteiger partial charge >= 0.3 is 0 Å². The van der Waals surface area contributed by atoms with E-state index in [0.717, 1.165) is 24.9 Å². The summed E-state index contributed by atoms with van der Waals surface area (Å²) in [5.74, 6) is 0. The Labute approximate surface area is 77.8 Å². The summed E-state index contributed by atoms with van der Waals surface area (Å²) in [6, 6.07) is 3.98. The molecule has 0 spiro atoms. The van der Waals surface area contributed by atoms with Crippen molar-refractivity contribution in [1.29, 1.82) is 0 Å². The first-order valence-corrected chi connectivity index (χ1v) is 4.69. The fraction of sp³-hybridized carbons (Fsp3) is 0.500. The maximum Gasteiger partial charge on any atom is 0.0957 e. The van der Waals surface area contributed by atoms with Crippen molar-refractivity contribution in [3.63, 3.8) is 0 Å². The summed E-state index contributed by atoms with van der Waals surface area (Å²) in [6.07, 6.45) is 5.25. The van der Waals surface area contributed by atoms with Crippen LogP contribution in [-0.2, 0) is 0 Å². The third kappa shape index (κ3) is 1.87. The van der Waals surface area contributed by atoms with E-state index in [1.807, 2.05) is 12.1 Å². The Bertz CT molecular complexity index is 257. The van der Waals surface area contributed by atoms with Crippen LogP contribution < -0.4 is 5.32 Å². The highest BCUT2D eigenvalue weighted by Crippen LogP contribution is 2.21. The standard InChI is InChI=1S/C10H14N2O/c13-10(9-4-2-6-12-9)8-3-1-5-11-7-8/h1,3,5,7,9-10,12-13H,2,4,6H2. The molecular formula is C10H14N2O. The zero-order chi connectivity index (χ0) is 9.10. The molecule has 1 fully saturated rings. The van der Waals surface area contributed by atoms with Gasteiger partial charge in [-0.25, -0.2) is 0 Å². The Kier molecular flexibility index (Phi) is 2.57. The van der Waals surface area contributed by atoms with E-state index in [0.29, 0.717) is 0 Å². The first kappa shape index (κ1) is 8.66. The summed E-state index contributed by atoms with van der Waals surface area (Å²) < 4.78 is 0. The van der Waals surface area contributed by atoms with Crippen LogP contribution in [0.15, 0.2) is 24.5 Å². The van der Waals surface area contributed by atoms with Crippen LogP contribution in [0.1, 0.15) is 24.5 Å². The molecule has 2 atom stereocenters. The zero-order valence-electron chi connectivity index (χ0n) is 7.48. The average molecular weight is 178 g/mol. The van der Waals surface area contributed by atoms with E-state index in [1.54, 1.807) is 12.4 Å². The molecule has 2 N–H and O–H groups in total. The van der Waals surface area contributed by atoms with E-state index >= 15 is 0 Å². The van der Waals surface area contributed by atoms with Crippen LogP contribution in [0.25, 0.3) is 0 Å². The number of aliphatic hydroxyl groups is 1. The number of aliphatic hydroxyl groups excluding tert-OH is 1. The maximum atomic E-state index is 9.92. The van der Waals surface area contributed by atoms with Gasteiger partial charge in [-0.05, 0) is 25.5 Å². The number of rotatable bonds is 2. The molecule has 1 aliphatic rings. The normalized spacial score (nSPS) is 24.5. The Morgan fingerprint density at radius 1 is 1.62 bits per heavy atom. The van der Waals surface area contributed by atoms with Gasteiger partial charge in [-0.2, -0.15) is 0 Å². The van der Waals surface area contributed by atoms with Crippen molar-refractivity contribution < 1.29 is 5.11 Å². The summed E-state index contributed by atoms with van der Waals surface area (Å²) >= 11 is 0. The third-order valence-electron chi connectivity index (χ3n) is 2.51. The SMILES string of the molecule is OC(c1cccnc1)C1CCCN1. The van der Waals surface area contributed by atoms with Gasteiger partial charge in [0.25, 0.3) is 0 Å². The molecule has 0 aromatic carbocycles. The molecule has 0 radical (unpaired) electrons. The smallest absolute Gasteiger partial charge is 0.0957 e. The highest BCUT2D eigenvalue weighted by Gasteiger charge is 2.23. The van der Waals surface area contributed by atoms with Crippen LogP contribution in [0.2, 0.25) is 0 Å². The lowest BCUT2D eigenvalue weighted by Gasteiger charge is -2.17. The molecule has 1 saturated heterocycles. The number of nitrogens with one attached hydrogen (secondary N) is 1. The Hall–Kier alpha value is -0.930. The molecule has 0 amide bonds. The lowest BCUT2D eigenvalue weighted by molar-refractivity contribution is 0.137. The minimum atomic E-state index is -0.406. The van der Waals surface area contributed by atoms with E-state index < -0.39 is 6.10 Å². The van der Waals surface area contributed by atoms with Crippen molar-refractivity contribution in [2.45, 2.75) is 25.0 Å². The Morgan fingerprint density at radius 2 is 2.54 bits per heavy atom. The first-order valence-electron chi connectivity index (χ1n) is 4.69. The molecule has 0 saturated carbocycles. The van der Waals surface area contributed by atoms with Crippen molar-refractivity contribution >= 4 is 0 Å². The third-order valence-corrected chi connectivity index (χ3v) is 2.51. The summed E-state index contributed by atoms with van der Waals surface area (Å²) in [5.41, 5.74) is 0.905. The average Bonchev–Trinajstić information content (AvgIpc) is 2.71. The molecule has 1 aromatic heterocycles. The van der Waals surface area contributed by atoms with Crippen LogP contribution in [0.3, 0.4) is 0 Å². The minimum absolute atomic E-state index is 0.212. The topological polar surface area (TPSA) is 45.2 Å². The highest BCUT2D eigenvalue weighted by atomic mass is 16.3. The summed E-state index contributed by atoms with van der Waals surface area (Å²) in [7, 11) is 0. The Morgan fingerprint density at radius 3 is 3.15 bits per heavy atom. The molecule has 2 heterocycles. The van der Waals surface area contributed by atoms with Crippen molar-refractivity contribution in [2.24, 2.45) is 0 Å². The van der Waals surface area contributed by atoms with Crippen LogP contribution >= 0.6 is 0 Å². The molecule has 2 unspecified atom stereocenters. The van der Waals surface area contributed by atoms with Crippen LogP contribution in [0.4, 0.5) is 0 Å². The fourth-order valence-corrected chi connectivity index (χ4v) is 1.76. The van der Waals surface area contributed by atoms with E-state index in [2.05, 4.69) is 10.3 Å². The second kappa shape index (κ2) is 3.85. The van der Waals surface area contributed by atoms with Gasteiger partial charge in [0.1, 0.15) is 0 Å². The van der Waals surface area contributed by atoms with E-state index in [9.17, 15) is 5.11 Å². The molecule has 2 rings (SSSR count). The predicted octanol–water partition coefficient (Wildman–Crippen LogP) is 0.867. The van der Waals surface area contributed by atoms with Crippen LogP contribution in [0, 0.1) is 0 Å². The maximum absolute atomic E-state index is 9.92. The summed E-state index contributed by atoms with van der Waals surface area (Å²) in [6.45, 7) is 1.02. The van der Waals surface area contributed by atoms with Gasteiger partial charge in [-0.3, -0.25) is 4.98 Å². The van der Waals surface area contributed by atoms with E-state index in [-0.39, 0.29) is 6.04 Å². The monoisotopic (exact) mass is 178 g/mol. The van der Waals surface area contributed by atoms with Gasteiger partial charge in [-0.1, -0.05) is 6.07 Å². The van der Waals surface area contributed by atoms with E-state index in [4.69, 9.17) is 0 Å². The summed E-state index contributed by atoms with van der Waals surface area (Å²) in [4.78, 5) is 3.99. The zero-order valence-corrected chi connectivity index (χ0v) is 7.48. The molecule has 13 heavy (non-hydrogen) atoms. The molecule has 0 aliphatic carbocycles. The van der Waals surface area contributed by atoms with E-state index in [1.165, 1.54) is 0 Å².